The first-order chi connectivity index (χ1) is 7.13. The van der Waals surface area contributed by atoms with E-state index in [2.05, 4.69) is 6.92 Å². The van der Waals surface area contributed by atoms with Crippen molar-refractivity contribution in [1.29, 1.82) is 0 Å². The second-order valence-corrected chi connectivity index (χ2v) is 4.68. The minimum atomic E-state index is -0.409. The molecule has 2 unspecified atom stereocenters. The van der Waals surface area contributed by atoms with Gasteiger partial charge in [0.15, 0.2) is 0 Å². The number of esters is 1. The lowest BCUT2D eigenvalue weighted by atomic mass is 9.91. The summed E-state index contributed by atoms with van der Waals surface area (Å²) in [6.07, 6.45) is 6.46. The lowest BCUT2D eigenvalue weighted by Gasteiger charge is -2.19. The van der Waals surface area contributed by atoms with E-state index < -0.39 is 6.04 Å². The molecule has 1 aliphatic rings. The molecule has 0 radical (unpaired) electrons. The minimum absolute atomic E-state index is 0.0261. The molecule has 88 valence electrons. The second kappa shape index (κ2) is 6.11. The fraction of sp³-hybridized carbons (Fsp3) is 0.917. The first kappa shape index (κ1) is 12.5. The van der Waals surface area contributed by atoms with Crippen LogP contribution in [-0.4, -0.2) is 18.1 Å². The molecule has 1 saturated heterocycles. The highest BCUT2D eigenvalue weighted by Gasteiger charge is 2.23. The third-order valence-electron chi connectivity index (χ3n) is 3.11. The van der Waals surface area contributed by atoms with Gasteiger partial charge in [0.05, 0.1) is 6.10 Å². The summed E-state index contributed by atoms with van der Waals surface area (Å²) in [7, 11) is 0. The smallest absolute Gasteiger partial charge is 0.323 e. The van der Waals surface area contributed by atoms with Gasteiger partial charge in [-0.15, -0.1) is 0 Å². The number of carbonyl (C=O) groups excluding carboxylic acids is 1. The molecule has 0 bridgehead atoms. The minimum Gasteiger partial charge on any atom is -0.462 e. The van der Waals surface area contributed by atoms with Crippen LogP contribution < -0.4 is 5.73 Å². The van der Waals surface area contributed by atoms with Crippen LogP contribution in [0.15, 0.2) is 0 Å². The largest absolute Gasteiger partial charge is 0.462 e. The fourth-order valence-corrected chi connectivity index (χ4v) is 2.34. The van der Waals surface area contributed by atoms with E-state index in [1.54, 1.807) is 0 Å². The Balaban J connectivity index is 2.52. The molecular formula is C12H23NO2. The maximum absolute atomic E-state index is 11.4. The van der Waals surface area contributed by atoms with Crippen LogP contribution in [0.25, 0.3) is 0 Å². The van der Waals surface area contributed by atoms with Gasteiger partial charge >= 0.3 is 5.97 Å². The van der Waals surface area contributed by atoms with Crippen LogP contribution >= 0.6 is 0 Å². The SMILES string of the molecule is CCCC1CCC[C@H](N)C(=O)OC(C)C1. The summed E-state index contributed by atoms with van der Waals surface area (Å²) < 4.78 is 5.30. The quantitative estimate of drug-likeness (QED) is 0.716. The van der Waals surface area contributed by atoms with Gasteiger partial charge in [0, 0.05) is 0 Å². The second-order valence-electron chi connectivity index (χ2n) is 4.68. The Morgan fingerprint density at radius 2 is 2.20 bits per heavy atom. The van der Waals surface area contributed by atoms with Gasteiger partial charge in [-0.2, -0.15) is 0 Å². The molecular weight excluding hydrogens is 190 g/mol. The Bertz CT molecular complexity index is 206. The molecule has 2 N–H and O–H groups in total. The first-order valence-corrected chi connectivity index (χ1v) is 6.09. The van der Waals surface area contributed by atoms with Gasteiger partial charge in [0.2, 0.25) is 0 Å². The summed E-state index contributed by atoms with van der Waals surface area (Å²) in [5.41, 5.74) is 5.72. The predicted molar refractivity (Wildman–Crippen MR) is 60.4 cm³/mol. The van der Waals surface area contributed by atoms with Crippen LogP contribution in [0.2, 0.25) is 0 Å². The third kappa shape index (κ3) is 4.20. The number of ether oxygens (including phenoxy) is 1. The van der Waals surface area contributed by atoms with Crippen molar-refractivity contribution in [1.82, 2.24) is 0 Å². The molecule has 0 aromatic heterocycles. The lowest BCUT2D eigenvalue weighted by molar-refractivity contribution is -0.150. The highest BCUT2D eigenvalue weighted by atomic mass is 16.5. The molecule has 0 aromatic carbocycles. The zero-order chi connectivity index (χ0) is 11.3. The average Bonchev–Trinajstić information content (AvgIpc) is 2.21. The predicted octanol–water partition coefficient (Wildman–Crippen LogP) is 2.24. The Kier molecular flexibility index (Phi) is 5.09. The van der Waals surface area contributed by atoms with E-state index in [1.807, 2.05) is 6.92 Å². The summed E-state index contributed by atoms with van der Waals surface area (Å²) in [6, 6.07) is -0.409. The Morgan fingerprint density at radius 1 is 1.47 bits per heavy atom. The molecule has 1 heterocycles. The number of hydrogen-bond donors (Lipinski definition) is 1. The van der Waals surface area contributed by atoms with E-state index in [0.29, 0.717) is 5.92 Å². The van der Waals surface area contributed by atoms with Crippen LogP contribution in [0.4, 0.5) is 0 Å². The van der Waals surface area contributed by atoms with Gasteiger partial charge in [-0.25, -0.2) is 0 Å². The van der Waals surface area contributed by atoms with Crippen LogP contribution in [0.5, 0.6) is 0 Å². The average molecular weight is 213 g/mol. The Hall–Kier alpha value is -0.570. The summed E-state index contributed by atoms with van der Waals surface area (Å²) in [6.45, 7) is 4.17. The van der Waals surface area contributed by atoms with Crippen molar-refractivity contribution in [2.45, 2.75) is 64.5 Å². The van der Waals surface area contributed by atoms with Crippen LogP contribution in [0, 0.1) is 5.92 Å². The van der Waals surface area contributed by atoms with Crippen molar-refractivity contribution in [3.8, 4) is 0 Å². The van der Waals surface area contributed by atoms with Crippen LogP contribution in [0.3, 0.4) is 0 Å². The Morgan fingerprint density at radius 3 is 2.87 bits per heavy atom. The monoisotopic (exact) mass is 213 g/mol. The van der Waals surface area contributed by atoms with Gasteiger partial charge < -0.3 is 10.5 Å². The normalized spacial score (nSPS) is 33.8. The van der Waals surface area contributed by atoms with E-state index in [-0.39, 0.29) is 12.1 Å². The number of carbonyl (C=O) groups is 1. The van der Waals surface area contributed by atoms with Crippen LogP contribution in [-0.2, 0) is 9.53 Å². The maximum Gasteiger partial charge on any atom is 0.323 e. The lowest BCUT2D eigenvalue weighted by Crippen LogP contribution is -2.33. The molecule has 1 rings (SSSR count). The zero-order valence-corrected chi connectivity index (χ0v) is 9.87. The molecule has 1 aliphatic heterocycles. The van der Waals surface area contributed by atoms with Crippen molar-refractivity contribution in [3.63, 3.8) is 0 Å². The van der Waals surface area contributed by atoms with Gasteiger partial charge in [0.1, 0.15) is 6.04 Å². The molecule has 0 spiro atoms. The molecule has 0 amide bonds. The van der Waals surface area contributed by atoms with Gasteiger partial charge in [-0.1, -0.05) is 32.6 Å². The summed E-state index contributed by atoms with van der Waals surface area (Å²) >= 11 is 0. The van der Waals surface area contributed by atoms with E-state index >= 15 is 0 Å². The van der Waals surface area contributed by atoms with Crippen molar-refractivity contribution in [3.05, 3.63) is 0 Å². The standard InChI is InChI=1S/C12H23NO2/c1-3-5-10-6-4-7-11(13)12(14)15-9(2)8-10/h9-11H,3-8,13H2,1-2H3/t9?,10?,11-/m0/s1. The van der Waals surface area contributed by atoms with E-state index in [0.717, 1.165) is 19.3 Å². The van der Waals surface area contributed by atoms with Crippen molar-refractivity contribution in [2.75, 3.05) is 0 Å². The molecule has 1 fully saturated rings. The fourth-order valence-electron chi connectivity index (χ4n) is 2.34. The van der Waals surface area contributed by atoms with Crippen LogP contribution in [0.1, 0.15) is 52.4 Å². The van der Waals surface area contributed by atoms with E-state index in [1.165, 1.54) is 19.3 Å². The molecule has 3 nitrogen and oxygen atoms in total. The van der Waals surface area contributed by atoms with Crippen molar-refractivity contribution >= 4 is 5.97 Å². The van der Waals surface area contributed by atoms with Crippen molar-refractivity contribution < 1.29 is 9.53 Å². The van der Waals surface area contributed by atoms with Gasteiger partial charge in [-0.3, -0.25) is 4.79 Å². The number of nitrogens with two attached hydrogens (primary N) is 1. The molecule has 3 heteroatoms. The maximum atomic E-state index is 11.4. The molecule has 0 aliphatic carbocycles. The first-order valence-electron chi connectivity index (χ1n) is 6.09. The van der Waals surface area contributed by atoms with E-state index in [4.69, 9.17) is 10.5 Å². The highest BCUT2D eigenvalue weighted by Crippen LogP contribution is 2.23. The summed E-state index contributed by atoms with van der Waals surface area (Å²) in [5.74, 6) is 0.475. The highest BCUT2D eigenvalue weighted by molar-refractivity contribution is 5.75. The molecule has 15 heavy (non-hydrogen) atoms. The summed E-state index contributed by atoms with van der Waals surface area (Å²) in [4.78, 5) is 11.4. The zero-order valence-electron chi connectivity index (χ0n) is 9.87. The topological polar surface area (TPSA) is 52.3 Å². The molecule has 3 atom stereocenters. The number of rotatable bonds is 2. The van der Waals surface area contributed by atoms with Crippen molar-refractivity contribution in [2.24, 2.45) is 11.7 Å². The summed E-state index contributed by atoms with van der Waals surface area (Å²) in [5, 5.41) is 0. The molecule has 0 saturated carbocycles. The third-order valence-corrected chi connectivity index (χ3v) is 3.11. The van der Waals surface area contributed by atoms with Gasteiger partial charge in [-0.05, 0) is 25.7 Å². The number of cyclic esters (lactones) is 1. The Labute approximate surface area is 92.4 Å². The van der Waals surface area contributed by atoms with E-state index in [9.17, 15) is 4.79 Å². The number of hydrogen-bond acceptors (Lipinski definition) is 3. The van der Waals surface area contributed by atoms with Gasteiger partial charge in [0.25, 0.3) is 0 Å². The molecule has 0 aromatic rings.